The van der Waals surface area contributed by atoms with Crippen LogP contribution in [0.5, 0.6) is 5.75 Å². The van der Waals surface area contributed by atoms with Gasteiger partial charge in [0.1, 0.15) is 5.75 Å². The van der Waals surface area contributed by atoms with E-state index in [2.05, 4.69) is 12.1 Å². The standard InChI is InChI=1S/C20H16O2/c21-20(18-9-5-2-6-10-18)22-19-13-11-17(12-14-19)15-16-7-3-1-4-8-16/h1-14H,15H2. The molecule has 3 aromatic rings. The lowest BCUT2D eigenvalue weighted by atomic mass is 10.1. The van der Waals surface area contributed by atoms with Crippen LogP contribution in [0, 0.1) is 0 Å². The fourth-order valence-corrected chi connectivity index (χ4v) is 2.25. The summed E-state index contributed by atoms with van der Waals surface area (Å²) in [6.45, 7) is 0. The predicted molar refractivity (Wildman–Crippen MR) is 87.1 cm³/mol. The summed E-state index contributed by atoms with van der Waals surface area (Å²) < 4.78 is 5.37. The van der Waals surface area contributed by atoms with Crippen LogP contribution in [0.15, 0.2) is 84.9 Å². The first kappa shape index (κ1) is 14.1. The molecular weight excluding hydrogens is 272 g/mol. The van der Waals surface area contributed by atoms with E-state index in [1.54, 1.807) is 12.1 Å². The van der Waals surface area contributed by atoms with E-state index in [1.807, 2.05) is 60.7 Å². The molecule has 0 aromatic heterocycles. The molecule has 0 aliphatic carbocycles. The third kappa shape index (κ3) is 3.61. The van der Waals surface area contributed by atoms with Crippen LogP contribution in [0.25, 0.3) is 0 Å². The van der Waals surface area contributed by atoms with Crippen molar-refractivity contribution in [2.45, 2.75) is 6.42 Å². The Morgan fingerprint density at radius 1 is 0.682 bits per heavy atom. The summed E-state index contributed by atoms with van der Waals surface area (Å²) in [5.41, 5.74) is 3.00. The van der Waals surface area contributed by atoms with Crippen molar-refractivity contribution in [3.63, 3.8) is 0 Å². The van der Waals surface area contributed by atoms with Crippen molar-refractivity contribution < 1.29 is 9.53 Å². The molecule has 0 N–H and O–H groups in total. The average Bonchev–Trinajstić information content (AvgIpc) is 2.58. The van der Waals surface area contributed by atoms with Crippen molar-refractivity contribution in [2.75, 3.05) is 0 Å². The number of hydrogen-bond donors (Lipinski definition) is 0. The summed E-state index contributed by atoms with van der Waals surface area (Å²) in [6, 6.07) is 26.9. The Hall–Kier alpha value is -2.87. The molecule has 0 fully saturated rings. The summed E-state index contributed by atoms with van der Waals surface area (Å²) in [4.78, 5) is 12.0. The Morgan fingerprint density at radius 2 is 1.23 bits per heavy atom. The Bertz CT molecular complexity index is 732. The van der Waals surface area contributed by atoms with E-state index < -0.39 is 0 Å². The summed E-state index contributed by atoms with van der Waals surface area (Å²) in [7, 11) is 0. The van der Waals surface area contributed by atoms with E-state index in [0.717, 1.165) is 6.42 Å². The van der Waals surface area contributed by atoms with Gasteiger partial charge in [-0.15, -0.1) is 0 Å². The van der Waals surface area contributed by atoms with Crippen LogP contribution in [-0.4, -0.2) is 5.97 Å². The topological polar surface area (TPSA) is 26.3 Å². The van der Waals surface area contributed by atoms with Gasteiger partial charge in [0.05, 0.1) is 5.56 Å². The SMILES string of the molecule is O=C(Oc1ccc(Cc2ccccc2)cc1)c1ccccc1. The lowest BCUT2D eigenvalue weighted by Gasteiger charge is -2.06. The molecule has 0 aliphatic rings. The first-order chi connectivity index (χ1) is 10.8. The molecule has 22 heavy (non-hydrogen) atoms. The van der Waals surface area contributed by atoms with Gasteiger partial charge in [0.15, 0.2) is 0 Å². The van der Waals surface area contributed by atoms with Gasteiger partial charge in [-0.1, -0.05) is 60.7 Å². The molecular formula is C20H16O2. The number of hydrogen-bond acceptors (Lipinski definition) is 2. The van der Waals surface area contributed by atoms with Gasteiger partial charge in [0.25, 0.3) is 0 Å². The van der Waals surface area contributed by atoms with Gasteiger partial charge in [-0.05, 0) is 41.8 Å². The zero-order valence-electron chi connectivity index (χ0n) is 12.1. The van der Waals surface area contributed by atoms with Crippen molar-refractivity contribution in [1.82, 2.24) is 0 Å². The summed E-state index contributed by atoms with van der Waals surface area (Å²) in [5, 5.41) is 0. The Balaban J connectivity index is 1.66. The molecule has 0 saturated carbocycles. The second-order valence-corrected chi connectivity index (χ2v) is 5.06. The van der Waals surface area contributed by atoms with Crippen LogP contribution in [0.4, 0.5) is 0 Å². The summed E-state index contributed by atoms with van der Waals surface area (Å²) >= 11 is 0. The smallest absolute Gasteiger partial charge is 0.343 e. The maximum absolute atomic E-state index is 12.0. The molecule has 0 radical (unpaired) electrons. The maximum atomic E-state index is 12.0. The summed E-state index contributed by atoms with van der Waals surface area (Å²) in [5.74, 6) is 0.224. The highest BCUT2D eigenvalue weighted by atomic mass is 16.5. The third-order valence-corrected chi connectivity index (χ3v) is 3.39. The first-order valence-electron chi connectivity index (χ1n) is 7.21. The van der Waals surface area contributed by atoms with E-state index in [0.29, 0.717) is 11.3 Å². The largest absolute Gasteiger partial charge is 0.423 e. The molecule has 0 heterocycles. The van der Waals surface area contributed by atoms with Crippen LogP contribution >= 0.6 is 0 Å². The van der Waals surface area contributed by atoms with E-state index >= 15 is 0 Å². The molecule has 0 atom stereocenters. The Kier molecular flexibility index (Phi) is 4.30. The van der Waals surface area contributed by atoms with Crippen LogP contribution in [0.2, 0.25) is 0 Å². The Morgan fingerprint density at radius 3 is 1.86 bits per heavy atom. The van der Waals surface area contributed by atoms with E-state index in [1.165, 1.54) is 11.1 Å². The van der Waals surface area contributed by atoms with Gasteiger partial charge in [0.2, 0.25) is 0 Å². The van der Waals surface area contributed by atoms with E-state index in [4.69, 9.17) is 4.74 Å². The minimum Gasteiger partial charge on any atom is -0.423 e. The molecule has 2 heteroatoms. The molecule has 3 aromatic carbocycles. The van der Waals surface area contributed by atoms with E-state index in [-0.39, 0.29) is 5.97 Å². The molecule has 0 amide bonds. The fourth-order valence-electron chi connectivity index (χ4n) is 2.25. The van der Waals surface area contributed by atoms with Crippen molar-refractivity contribution in [3.8, 4) is 5.75 Å². The lowest BCUT2D eigenvalue weighted by Crippen LogP contribution is -2.08. The molecule has 3 rings (SSSR count). The zero-order valence-corrected chi connectivity index (χ0v) is 12.1. The van der Waals surface area contributed by atoms with Crippen LogP contribution in [-0.2, 0) is 6.42 Å². The normalized spacial score (nSPS) is 10.2. The minimum absolute atomic E-state index is 0.337. The van der Waals surface area contributed by atoms with Gasteiger partial charge < -0.3 is 4.74 Å². The molecule has 0 aliphatic heterocycles. The predicted octanol–water partition coefficient (Wildman–Crippen LogP) is 4.50. The molecule has 0 spiro atoms. The quantitative estimate of drug-likeness (QED) is 0.522. The highest BCUT2D eigenvalue weighted by Crippen LogP contribution is 2.16. The Labute approximate surface area is 130 Å². The number of esters is 1. The molecule has 0 unspecified atom stereocenters. The highest BCUT2D eigenvalue weighted by Gasteiger charge is 2.07. The van der Waals surface area contributed by atoms with Gasteiger partial charge in [0, 0.05) is 0 Å². The number of rotatable bonds is 4. The van der Waals surface area contributed by atoms with Crippen molar-refractivity contribution in [1.29, 1.82) is 0 Å². The maximum Gasteiger partial charge on any atom is 0.343 e. The van der Waals surface area contributed by atoms with Crippen molar-refractivity contribution in [3.05, 3.63) is 102 Å². The first-order valence-corrected chi connectivity index (χ1v) is 7.21. The summed E-state index contributed by atoms with van der Waals surface area (Å²) in [6.07, 6.45) is 0.869. The number of carbonyl (C=O) groups excluding carboxylic acids is 1. The highest BCUT2D eigenvalue weighted by molar-refractivity contribution is 5.90. The lowest BCUT2D eigenvalue weighted by molar-refractivity contribution is 0.0734. The fraction of sp³-hybridized carbons (Fsp3) is 0.0500. The average molecular weight is 288 g/mol. The van der Waals surface area contributed by atoms with Gasteiger partial charge in [-0.3, -0.25) is 0 Å². The van der Waals surface area contributed by atoms with Crippen LogP contribution in [0.3, 0.4) is 0 Å². The van der Waals surface area contributed by atoms with E-state index in [9.17, 15) is 4.79 Å². The van der Waals surface area contributed by atoms with Crippen LogP contribution < -0.4 is 4.74 Å². The monoisotopic (exact) mass is 288 g/mol. The molecule has 0 saturated heterocycles. The number of carbonyl (C=O) groups is 1. The van der Waals surface area contributed by atoms with Crippen LogP contribution in [0.1, 0.15) is 21.5 Å². The second-order valence-electron chi connectivity index (χ2n) is 5.06. The molecule has 0 bridgehead atoms. The van der Waals surface area contributed by atoms with Crippen molar-refractivity contribution >= 4 is 5.97 Å². The van der Waals surface area contributed by atoms with Gasteiger partial charge in [-0.25, -0.2) is 4.79 Å². The zero-order chi connectivity index (χ0) is 15.2. The third-order valence-electron chi connectivity index (χ3n) is 3.39. The second kappa shape index (κ2) is 6.72. The molecule has 108 valence electrons. The van der Waals surface area contributed by atoms with Gasteiger partial charge in [-0.2, -0.15) is 0 Å². The van der Waals surface area contributed by atoms with Gasteiger partial charge >= 0.3 is 5.97 Å². The number of ether oxygens (including phenoxy) is 1. The number of benzene rings is 3. The van der Waals surface area contributed by atoms with Crippen molar-refractivity contribution in [2.24, 2.45) is 0 Å². The molecule has 2 nitrogen and oxygen atoms in total. The minimum atomic E-state index is -0.337.